The van der Waals surface area contributed by atoms with Gasteiger partial charge in [-0.15, -0.1) is 11.3 Å². The van der Waals surface area contributed by atoms with Crippen LogP contribution in [-0.2, 0) is 16.9 Å². The predicted molar refractivity (Wildman–Crippen MR) is 113 cm³/mol. The molecule has 1 aromatic heterocycles. The van der Waals surface area contributed by atoms with E-state index in [0.717, 1.165) is 29.1 Å². The molecule has 1 saturated heterocycles. The number of thiophene rings is 1. The molecule has 0 radical (unpaired) electrons. The maximum atomic E-state index is 13.7. The smallest absolute Gasteiger partial charge is 0.315 e. The first-order valence-corrected chi connectivity index (χ1v) is 10.6. The number of imide groups is 1. The fraction of sp³-hybridized carbons (Fsp3) is 0.217. The lowest BCUT2D eigenvalue weighted by Crippen LogP contribution is -3.12. The van der Waals surface area contributed by atoms with Crippen LogP contribution in [0.15, 0.2) is 78.2 Å². The molecule has 0 bridgehead atoms. The Balaban J connectivity index is 1.68. The monoisotopic (exact) mass is 406 g/mol. The number of amides is 3. The zero-order valence-corrected chi connectivity index (χ0v) is 17.1. The van der Waals surface area contributed by atoms with Crippen LogP contribution >= 0.6 is 11.3 Å². The van der Waals surface area contributed by atoms with Crippen LogP contribution in [-0.4, -0.2) is 30.1 Å². The summed E-state index contributed by atoms with van der Waals surface area (Å²) in [6, 6.07) is 22.7. The van der Waals surface area contributed by atoms with E-state index in [1.807, 2.05) is 72.1 Å². The normalized spacial score (nSPS) is 16.7. The average Bonchev–Trinajstić information content (AvgIpc) is 3.36. The van der Waals surface area contributed by atoms with Gasteiger partial charge in [0.05, 0.1) is 11.4 Å². The Hall–Kier alpha value is -2.96. The Morgan fingerprint density at radius 2 is 1.55 bits per heavy atom. The Kier molecular flexibility index (Phi) is 5.47. The van der Waals surface area contributed by atoms with Crippen molar-refractivity contribution in [3.8, 4) is 0 Å². The van der Waals surface area contributed by atoms with Gasteiger partial charge in [-0.1, -0.05) is 66.7 Å². The Morgan fingerprint density at radius 1 is 0.931 bits per heavy atom. The van der Waals surface area contributed by atoms with Crippen LogP contribution in [0.4, 0.5) is 4.79 Å². The van der Waals surface area contributed by atoms with Crippen molar-refractivity contribution in [2.75, 3.05) is 13.2 Å². The summed E-state index contributed by atoms with van der Waals surface area (Å²) >= 11 is 1.69. The number of benzene rings is 2. The summed E-state index contributed by atoms with van der Waals surface area (Å²) in [5.74, 6) is -0.225. The van der Waals surface area contributed by atoms with Crippen LogP contribution in [0.1, 0.15) is 22.9 Å². The maximum Gasteiger partial charge on any atom is 0.330 e. The number of carbonyl (C=O) groups is 2. The molecule has 1 fully saturated rings. The Morgan fingerprint density at radius 3 is 2.07 bits per heavy atom. The highest BCUT2D eigenvalue weighted by atomic mass is 32.1. The fourth-order valence-electron chi connectivity index (χ4n) is 3.83. The van der Waals surface area contributed by atoms with Gasteiger partial charge < -0.3 is 10.2 Å². The van der Waals surface area contributed by atoms with E-state index in [1.165, 1.54) is 9.78 Å². The molecule has 1 unspecified atom stereocenters. The van der Waals surface area contributed by atoms with E-state index < -0.39 is 5.54 Å². The van der Waals surface area contributed by atoms with Gasteiger partial charge in [-0.3, -0.25) is 4.79 Å². The predicted octanol–water partition coefficient (Wildman–Crippen LogP) is 2.61. The van der Waals surface area contributed by atoms with E-state index in [2.05, 4.69) is 18.3 Å². The summed E-state index contributed by atoms with van der Waals surface area (Å²) in [6.07, 6.45) is 0. The minimum atomic E-state index is -1.19. The van der Waals surface area contributed by atoms with Crippen LogP contribution in [0, 0.1) is 0 Å². The number of nitrogens with one attached hydrogen (secondary N) is 2. The lowest BCUT2D eigenvalue weighted by atomic mass is 9.83. The number of hydrogen-bond acceptors (Lipinski definition) is 3. The summed E-state index contributed by atoms with van der Waals surface area (Å²) in [6.45, 7) is 4.01. The van der Waals surface area contributed by atoms with Crippen molar-refractivity contribution < 1.29 is 14.5 Å². The van der Waals surface area contributed by atoms with Gasteiger partial charge in [-0.25, -0.2) is 9.69 Å². The van der Waals surface area contributed by atoms with Gasteiger partial charge >= 0.3 is 6.03 Å². The Bertz CT molecular complexity index is 934. The molecule has 3 aromatic rings. The molecule has 0 spiro atoms. The van der Waals surface area contributed by atoms with Crippen LogP contribution in [0.2, 0.25) is 0 Å². The van der Waals surface area contributed by atoms with Gasteiger partial charge in [0, 0.05) is 0 Å². The van der Waals surface area contributed by atoms with Gasteiger partial charge in [0.2, 0.25) is 0 Å². The standard InChI is InChI=1S/C23H23N3O2S/c1-2-25(16-20-14-9-15-29-20)17-26-21(27)23(24-22(26)28,18-10-5-3-6-11-18)19-12-7-4-8-13-19/h3-15H,2,16-17H2,1H3,(H,24,28)/p+1. The summed E-state index contributed by atoms with van der Waals surface area (Å²) < 4.78 is 0. The number of quaternary nitrogens is 1. The van der Waals surface area contributed by atoms with E-state index in [4.69, 9.17) is 0 Å². The molecule has 6 heteroatoms. The van der Waals surface area contributed by atoms with Crippen molar-refractivity contribution in [1.29, 1.82) is 0 Å². The number of urea groups is 1. The largest absolute Gasteiger partial charge is 0.330 e. The number of carbonyl (C=O) groups excluding carboxylic acids is 2. The summed E-state index contributed by atoms with van der Waals surface area (Å²) in [5, 5.41) is 5.06. The Labute approximate surface area is 174 Å². The van der Waals surface area contributed by atoms with Gasteiger partial charge in [0.15, 0.2) is 12.2 Å². The third kappa shape index (κ3) is 3.57. The molecule has 0 aliphatic carbocycles. The van der Waals surface area contributed by atoms with Crippen molar-refractivity contribution in [2.45, 2.75) is 19.0 Å². The number of nitrogens with zero attached hydrogens (tertiary/aromatic N) is 1. The van der Waals surface area contributed by atoms with Crippen LogP contribution in [0.25, 0.3) is 0 Å². The molecule has 2 N–H and O–H groups in total. The minimum Gasteiger partial charge on any atom is -0.315 e. The van der Waals surface area contributed by atoms with Crippen LogP contribution in [0.5, 0.6) is 0 Å². The van der Waals surface area contributed by atoms with Gasteiger partial charge in [0.1, 0.15) is 6.54 Å². The van der Waals surface area contributed by atoms with Gasteiger partial charge in [-0.05, 0) is 29.5 Å². The van der Waals surface area contributed by atoms with E-state index in [1.54, 1.807) is 11.3 Å². The zero-order chi connectivity index (χ0) is 20.3. The molecule has 5 nitrogen and oxygen atoms in total. The molecule has 3 amide bonds. The molecule has 1 aliphatic heterocycles. The highest BCUT2D eigenvalue weighted by Gasteiger charge is 2.54. The van der Waals surface area contributed by atoms with Crippen LogP contribution < -0.4 is 10.2 Å². The SMILES string of the molecule is CC[NH+](Cc1cccs1)CN1C(=O)NC(c2ccccc2)(c2ccccc2)C1=O. The molecule has 29 heavy (non-hydrogen) atoms. The van der Waals surface area contributed by atoms with Crippen molar-refractivity contribution in [3.05, 3.63) is 94.2 Å². The molecular formula is C23H24N3O2S+. The van der Waals surface area contributed by atoms with Crippen LogP contribution in [0.3, 0.4) is 0 Å². The minimum absolute atomic E-state index is 0.225. The highest BCUT2D eigenvalue weighted by molar-refractivity contribution is 7.09. The molecule has 1 aliphatic rings. The van der Waals surface area contributed by atoms with Crippen molar-refractivity contribution >= 4 is 23.3 Å². The first-order chi connectivity index (χ1) is 14.1. The lowest BCUT2D eigenvalue weighted by molar-refractivity contribution is -0.919. The third-order valence-corrected chi connectivity index (χ3v) is 6.28. The highest BCUT2D eigenvalue weighted by Crippen LogP contribution is 2.35. The van der Waals surface area contributed by atoms with Crippen molar-refractivity contribution in [3.63, 3.8) is 0 Å². The van der Waals surface area contributed by atoms with E-state index in [-0.39, 0.29) is 11.9 Å². The van der Waals surface area contributed by atoms with Gasteiger partial charge in [-0.2, -0.15) is 0 Å². The summed E-state index contributed by atoms with van der Waals surface area (Å²) in [5.41, 5.74) is 0.341. The maximum absolute atomic E-state index is 13.7. The first kappa shape index (κ1) is 19.4. The zero-order valence-electron chi connectivity index (χ0n) is 16.3. The third-order valence-electron chi connectivity index (χ3n) is 5.41. The van der Waals surface area contributed by atoms with E-state index in [9.17, 15) is 9.59 Å². The van der Waals surface area contributed by atoms with Crippen molar-refractivity contribution in [1.82, 2.24) is 10.2 Å². The summed E-state index contributed by atoms with van der Waals surface area (Å²) in [4.78, 5) is 30.5. The second-order valence-corrected chi connectivity index (χ2v) is 8.20. The second kappa shape index (κ2) is 8.19. The fourth-order valence-corrected chi connectivity index (χ4v) is 4.61. The molecule has 148 valence electrons. The average molecular weight is 407 g/mol. The lowest BCUT2D eigenvalue weighted by Gasteiger charge is -2.28. The molecule has 4 rings (SSSR count). The summed E-state index contributed by atoms with van der Waals surface area (Å²) in [7, 11) is 0. The molecule has 1 atom stereocenters. The molecular weight excluding hydrogens is 382 g/mol. The number of hydrogen-bond donors (Lipinski definition) is 2. The van der Waals surface area contributed by atoms with Crippen molar-refractivity contribution in [2.24, 2.45) is 0 Å². The van der Waals surface area contributed by atoms with E-state index >= 15 is 0 Å². The second-order valence-electron chi connectivity index (χ2n) is 7.16. The molecule has 2 aromatic carbocycles. The topological polar surface area (TPSA) is 53.9 Å². The molecule has 0 saturated carbocycles. The first-order valence-electron chi connectivity index (χ1n) is 9.76. The molecule has 2 heterocycles. The number of rotatable bonds is 7. The quantitative estimate of drug-likeness (QED) is 0.593. The van der Waals surface area contributed by atoms with E-state index in [0.29, 0.717) is 6.67 Å². The van der Waals surface area contributed by atoms with Gasteiger partial charge in [0.25, 0.3) is 5.91 Å².